The molecule has 0 aliphatic carbocycles. The minimum Gasteiger partial charge on any atom is -0.454 e. The summed E-state index contributed by atoms with van der Waals surface area (Å²) in [4.78, 5) is 24.6. The summed E-state index contributed by atoms with van der Waals surface area (Å²) in [6.07, 6.45) is 0. The number of hydrogen-bond acceptors (Lipinski definition) is 7. The zero-order valence-electron chi connectivity index (χ0n) is 14.9. The maximum absolute atomic E-state index is 11.5. The second kappa shape index (κ2) is 6.70. The fourth-order valence-corrected chi connectivity index (χ4v) is 3.12. The molecule has 1 N–H and O–H groups in total. The number of carbonyl (C=O) groups is 1. The Balaban J connectivity index is 1.50. The van der Waals surface area contributed by atoms with E-state index in [2.05, 4.69) is 20.2 Å². The first kappa shape index (κ1) is 16.4. The van der Waals surface area contributed by atoms with Gasteiger partial charge in [-0.05, 0) is 19.1 Å². The van der Waals surface area contributed by atoms with Gasteiger partial charge in [-0.3, -0.25) is 4.79 Å². The van der Waals surface area contributed by atoms with Crippen molar-refractivity contribution in [3.8, 4) is 11.5 Å². The van der Waals surface area contributed by atoms with Crippen molar-refractivity contribution in [1.82, 2.24) is 14.9 Å². The first-order valence-electron chi connectivity index (χ1n) is 8.61. The van der Waals surface area contributed by atoms with Gasteiger partial charge in [-0.15, -0.1) is 0 Å². The quantitative estimate of drug-likeness (QED) is 0.901. The highest BCUT2D eigenvalue weighted by molar-refractivity contribution is 5.73. The highest BCUT2D eigenvalue weighted by Crippen LogP contribution is 2.34. The predicted octanol–water partition coefficient (Wildman–Crippen LogP) is 1.93. The first-order valence-corrected chi connectivity index (χ1v) is 8.61. The first-order chi connectivity index (χ1) is 12.6. The third-order valence-electron chi connectivity index (χ3n) is 4.52. The number of aryl methyl sites for hydroxylation is 1. The fourth-order valence-electron chi connectivity index (χ4n) is 3.12. The lowest BCUT2D eigenvalue weighted by Crippen LogP contribution is -2.48. The minimum absolute atomic E-state index is 0.119. The van der Waals surface area contributed by atoms with Gasteiger partial charge in [-0.1, -0.05) is 0 Å². The van der Waals surface area contributed by atoms with Gasteiger partial charge in [0.25, 0.3) is 0 Å². The summed E-state index contributed by atoms with van der Waals surface area (Å²) in [7, 11) is 0. The van der Waals surface area contributed by atoms with Crippen molar-refractivity contribution in [2.45, 2.75) is 13.8 Å². The van der Waals surface area contributed by atoms with Crippen LogP contribution < -0.4 is 19.7 Å². The van der Waals surface area contributed by atoms with E-state index in [0.29, 0.717) is 24.8 Å². The number of piperazine rings is 1. The lowest BCUT2D eigenvalue weighted by atomic mass is 10.3. The molecule has 2 aliphatic heterocycles. The zero-order valence-corrected chi connectivity index (χ0v) is 14.9. The number of carbonyl (C=O) groups excluding carboxylic acids is 1. The maximum Gasteiger partial charge on any atom is 0.231 e. The van der Waals surface area contributed by atoms with Crippen molar-refractivity contribution >= 4 is 23.4 Å². The van der Waals surface area contributed by atoms with Gasteiger partial charge >= 0.3 is 0 Å². The van der Waals surface area contributed by atoms with Crippen molar-refractivity contribution in [2.24, 2.45) is 0 Å². The number of nitrogens with zero attached hydrogens (tertiary/aromatic N) is 4. The standard InChI is InChI=1S/C18H21N5O3/c1-12-9-17(23-7-5-22(6-8-23)13(2)24)21-18(19-12)20-14-3-4-15-16(10-14)26-11-25-15/h3-4,9-10H,5-8,11H2,1-2H3,(H,19,20,21). The Hall–Kier alpha value is -3.03. The van der Waals surface area contributed by atoms with Gasteiger partial charge in [-0.2, -0.15) is 4.98 Å². The molecule has 1 aromatic heterocycles. The lowest BCUT2D eigenvalue weighted by Gasteiger charge is -2.35. The molecule has 1 saturated heterocycles. The molecular weight excluding hydrogens is 334 g/mol. The molecule has 0 radical (unpaired) electrons. The molecule has 2 aliphatic rings. The Labute approximate surface area is 151 Å². The van der Waals surface area contributed by atoms with Crippen LogP contribution in [0.2, 0.25) is 0 Å². The van der Waals surface area contributed by atoms with Crippen LogP contribution in [-0.2, 0) is 4.79 Å². The molecule has 2 aromatic rings. The molecule has 1 fully saturated rings. The highest BCUT2D eigenvalue weighted by atomic mass is 16.7. The van der Waals surface area contributed by atoms with Crippen LogP contribution in [0.25, 0.3) is 0 Å². The average Bonchev–Trinajstić information content (AvgIpc) is 3.09. The van der Waals surface area contributed by atoms with Crippen LogP contribution in [-0.4, -0.2) is 53.7 Å². The van der Waals surface area contributed by atoms with Crippen molar-refractivity contribution in [2.75, 3.05) is 43.2 Å². The minimum atomic E-state index is 0.119. The van der Waals surface area contributed by atoms with Gasteiger partial charge in [-0.25, -0.2) is 4.98 Å². The van der Waals surface area contributed by atoms with Crippen molar-refractivity contribution < 1.29 is 14.3 Å². The molecule has 0 saturated carbocycles. The third-order valence-corrected chi connectivity index (χ3v) is 4.52. The number of hydrogen-bond donors (Lipinski definition) is 1. The molecule has 136 valence electrons. The van der Waals surface area contributed by atoms with Gasteiger partial charge in [0.1, 0.15) is 5.82 Å². The smallest absolute Gasteiger partial charge is 0.231 e. The van der Waals surface area contributed by atoms with Crippen LogP contribution in [0, 0.1) is 6.92 Å². The second-order valence-electron chi connectivity index (χ2n) is 6.38. The van der Waals surface area contributed by atoms with E-state index in [1.54, 1.807) is 6.92 Å². The molecule has 1 aromatic carbocycles. The van der Waals surface area contributed by atoms with Crippen molar-refractivity contribution in [3.63, 3.8) is 0 Å². The summed E-state index contributed by atoms with van der Waals surface area (Å²) >= 11 is 0. The van der Waals surface area contributed by atoms with Gasteiger partial charge in [0, 0.05) is 56.6 Å². The number of ether oxygens (including phenoxy) is 2. The number of anilines is 3. The normalized spacial score (nSPS) is 15.9. The van der Waals surface area contributed by atoms with E-state index < -0.39 is 0 Å². The van der Waals surface area contributed by atoms with E-state index >= 15 is 0 Å². The van der Waals surface area contributed by atoms with E-state index in [-0.39, 0.29) is 12.7 Å². The predicted molar refractivity (Wildman–Crippen MR) is 97.1 cm³/mol. The van der Waals surface area contributed by atoms with Crippen LogP contribution in [0.3, 0.4) is 0 Å². The molecule has 0 spiro atoms. The Morgan fingerprint density at radius 3 is 2.62 bits per heavy atom. The average molecular weight is 355 g/mol. The molecular formula is C18H21N5O3. The molecule has 1 amide bonds. The number of nitrogens with one attached hydrogen (secondary N) is 1. The molecule has 3 heterocycles. The van der Waals surface area contributed by atoms with E-state index in [4.69, 9.17) is 9.47 Å². The van der Waals surface area contributed by atoms with E-state index in [1.165, 1.54) is 0 Å². The summed E-state index contributed by atoms with van der Waals surface area (Å²) in [5.74, 6) is 2.97. The monoisotopic (exact) mass is 355 g/mol. The zero-order chi connectivity index (χ0) is 18.1. The van der Waals surface area contributed by atoms with E-state index in [1.807, 2.05) is 36.1 Å². The van der Waals surface area contributed by atoms with Crippen LogP contribution in [0.15, 0.2) is 24.3 Å². The summed E-state index contributed by atoms with van der Waals surface area (Å²) < 4.78 is 10.7. The van der Waals surface area contributed by atoms with E-state index in [9.17, 15) is 4.79 Å². The molecule has 0 bridgehead atoms. The van der Waals surface area contributed by atoms with E-state index in [0.717, 1.165) is 36.0 Å². The van der Waals surface area contributed by atoms with Gasteiger partial charge in [0.15, 0.2) is 11.5 Å². The van der Waals surface area contributed by atoms with Crippen LogP contribution in [0.5, 0.6) is 11.5 Å². The molecule has 8 nitrogen and oxygen atoms in total. The van der Waals surface area contributed by atoms with Crippen LogP contribution in [0.4, 0.5) is 17.5 Å². The number of rotatable bonds is 3. The lowest BCUT2D eigenvalue weighted by molar-refractivity contribution is -0.129. The Morgan fingerprint density at radius 2 is 1.85 bits per heavy atom. The fraction of sp³-hybridized carbons (Fsp3) is 0.389. The summed E-state index contributed by atoms with van der Waals surface area (Å²) in [5.41, 5.74) is 1.72. The Bertz CT molecular complexity index is 834. The van der Waals surface area contributed by atoms with Gasteiger partial charge in [0.05, 0.1) is 0 Å². The molecule has 0 unspecified atom stereocenters. The Kier molecular flexibility index (Phi) is 4.24. The molecule has 0 atom stereocenters. The summed E-state index contributed by atoms with van der Waals surface area (Å²) in [6.45, 7) is 6.75. The van der Waals surface area contributed by atoms with Crippen molar-refractivity contribution in [3.05, 3.63) is 30.0 Å². The summed E-state index contributed by atoms with van der Waals surface area (Å²) in [6, 6.07) is 7.61. The van der Waals surface area contributed by atoms with Crippen LogP contribution in [0.1, 0.15) is 12.6 Å². The SMILES string of the molecule is CC(=O)N1CCN(c2cc(C)nc(Nc3ccc4c(c3)OCO4)n2)CC1. The van der Waals surface area contributed by atoms with Crippen LogP contribution >= 0.6 is 0 Å². The Morgan fingerprint density at radius 1 is 1.08 bits per heavy atom. The maximum atomic E-state index is 11.5. The van der Waals surface area contributed by atoms with Gasteiger partial charge < -0.3 is 24.6 Å². The number of benzene rings is 1. The molecule has 26 heavy (non-hydrogen) atoms. The highest BCUT2D eigenvalue weighted by Gasteiger charge is 2.20. The number of amides is 1. The van der Waals surface area contributed by atoms with Gasteiger partial charge in [0.2, 0.25) is 18.6 Å². The van der Waals surface area contributed by atoms with Crippen molar-refractivity contribution in [1.29, 1.82) is 0 Å². The molecule has 4 rings (SSSR count). The third kappa shape index (κ3) is 3.35. The number of aromatic nitrogens is 2. The topological polar surface area (TPSA) is 79.8 Å². The largest absolute Gasteiger partial charge is 0.454 e. The second-order valence-corrected chi connectivity index (χ2v) is 6.38. The number of fused-ring (bicyclic) bond motifs is 1. The molecule has 8 heteroatoms. The summed E-state index contributed by atoms with van der Waals surface area (Å²) in [5, 5.41) is 3.23.